The maximum absolute atomic E-state index is 13.1. The van der Waals surface area contributed by atoms with E-state index in [2.05, 4.69) is 0 Å². The number of halogens is 4. The average Bonchev–Trinajstić information content (AvgIpc) is 2.46. The number of alkyl halides is 3. The second-order valence-electron chi connectivity index (χ2n) is 4.77. The number of carbonyl (C=O) groups excluding carboxylic acids is 1. The molecule has 2 aromatic carbocycles. The van der Waals surface area contributed by atoms with E-state index in [0.717, 1.165) is 12.1 Å². The van der Waals surface area contributed by atoms with Gasteiger partial charge in [0.1, 0.15) is 11.9 Å². The zero-order valence-electron chi connectivity index (χ0n) is 11.4. The van der Waals surface area contributed by atoms with Crippen molar-refractivity contribution in [2.24, 2.45) is 0 Å². The first kappa shape index (κ1) is 16.0. The Morgan fingerprint density at radius 1 is 1.05 bits per heavy atom. The molecule has 0 aliphatic carbocycles. The van der Waals surface area contributed by atoms with Crippen LogP contribution in [0.15, 0.2) is 54.6 Å². The number of carbonyl (C=O) groups is 1. The van der Waals surface area contributed by atoms with E-state index in [1.165, 1.54) is 24.3 Å². The summed E-state index contributed by atoms with van der Waals surface area (Å²) in [6, 6.07) is 10.4. The summed E-state index contributed by atoms with van der Waals surface area (Å²) in [4.78, 5) is 11.9. The lowest BCUT2D eigenvalue weighted by Crippen LogP contribution is -2.46. The third-order valence-corrected chi connectivity index (χ3v) is 3.07. The molecular formula is C16H13F4NO. The van der Waals surface area contributed by atoms with Crippen LogP contribution in [0.4, 0.5) is 17.6 Å². The van der Waals surface area contributed by atoms with Crippen molar-refractivity contribution in [1.29, 1.82) is 0 Å². The first-order chi connectivity index (χ1) is 10.4. The van der Waals surface area contributed by atoms with Crippen LogP contribution < -0.4 is 5.32 Å². The molecule has 0 unspecified atom stereocenters. The Morgan fingerprint density at radius 2 is 1.73 bits per heavy atom. The molecule has 0 saturated carbocycles. The van der Waals surface area contributed by atoms with Crippen molar-refractivity contribution in [1.82, 2.24) is 5.32 Å². The Kier molecular flexibility index (Phi) is 4.80. The highest BCUT2D eigenvalue weighted by Crippen LogP contribution is 2.24. The maximum Gasteiger partial charge on any atom is 0.408 e. The van der Waals surface area contributed by atoms with Gasteiger partial charge < -0.3 is 5.32 Å². The summed E-state index contributed by atoms with van der Waals surface area (Å²) in [5, 5.41) is 1.95. The van der Waals surface area contributed by atoms with Crippen molar-refractivity contribution in [3.05, 3.63) is 71.5 Å². The SMILES string of the molecule is O=C(N[C@H](Cc1cccc(F)c1)C(F)(F)F)c1ccccc1. The minimum Gasteiger partial charge on any atom is -0.340 e. The third-order valence-electron chi connectivity index (χ3n) is 3.07. The van der Waals surface area contributed by atoms with Gasteiger partial charge in [0.15, 0.2) is 0 Å². The van der Waals surface area contributed by atoms with Crippen LogP contribution in [0, 0.1) is 5.82 Å². The molecule has 0 aliphatic rings. The van der Waals surface area contributed by atoms with Gasteiger partial charge in [0.2, 0.25) is 0 Å². The predicted octanol–water partition coefficient (Wildman–Crippen LogP) is 3.73. The maximum atomic E-state index is 13.1. The fraction of sp³-hybridized carbons (Fsp3) is 0.188. The largest absolute Gasteiger partial charge is 0.408 e. The van der Waals surface area contributed by atoms with Crippen LogP contribution in [0.25, 0.3) is 0 Å². The Labute approximate surface area is 124 Å². The molecule has 2 aromatic rings. The average molecular weight is 311 g/mol. The van der Waals surface area contributed by atoms with Crippen LogP contribution >= 0.6 is 0 Å². The van der Waals surface area contributed by atoms with E-state index in [1.54, 1.807) is 18.2 Å². The smallest absolute Gasteiger partial charge is 0.340 e. The van der Waals surface area contributed by atoms with E-state index >= 15 is 0 Å². The highest BCUT2D eigenvalue weighted by molar-refractivity contribution is 5.94. The first-order valence-electron chi connectivity index (χ1n) is 6.53. The van der Waals surface area contributed by atoms with Gasteiger partial charge in [0, 0.05) is 12.0 Å². The quantitative estimate of drug-likeness (QED) is 0.857. The zero-order valence-corrected chi connectivity index (χ0v) is 11.4. The molecule has 22 heavy (non-hydrogen) atoms. The number of hydrogen-bond acceptors (Lipinski definition) is 1. The number of nitrogens with one attached hydrogen (secondary N) is 1. The monoisotopic (exact) mass is 311 g/mol. The molecule has 0 heterocycles. The number of rotatable bonds is 4. The van der Waals surface area contributed by atoms with Gasteiger partial charge in [-0.2, -0.15) is 13.2 Å². The Bertz CT molecular complexity index is 640. The molecule has 6 heteroatoms. The van der Waals surface area contributed by atoms with Gasteiger partial charge in [0.05, 0.1) is 0 Å². The fourth-order valence-electron chi connectivity index (χ4n) is 1.98. The molecule has 0 aromatic heterocycles. The highest BCUT2D eigenvalue weighted by Gasteiger charge is 2.40. The van der Waals surface area contributed by atoms with Crippen LogP contribution in [0.5, 0.6) is 0 Å². The van der Waals surface area contributed by atoms with E-state index in [0.29, 0.717) is 0 Å². The highest BCUT2D eigenvalue weighted by atomic mass is 19.4. The topological polar surface area (TPSA) is 29.1 Å². The van der Waals surface area contributed by atoms with Crippen molar-refractivity contribution >= 4 is 5.91 Å². The summed E-state index contributed by atoms with van der Waals surface area (Å²) in [5.41, 5.74) is 0.298. The Balaban J connectivity index is 2.15. The summed E-state index contributed by atoms with van der Waals surface area (Å²) >= 11 is 0. The van der Waals surface area contributed by atoms with Gasteiger partial charge in [-0.3, -0.25) is 4.79 Å². The molecule has 1 amide bonds. The van der Waals surface area contributed by atoms with E-state index in [4.69, 9.17) is 0 Å². The summed E-state index contributed by atoms with van der Waals surface area (Å²) in [6.45, 7) is 0. The minimum atomic E-state index is -4.63. The van der Waals surface area contributed by atoms with E-state index < -0.39 is 30.4 Å². The number of hydrogen-bond donors (Lipinski definition) is 1. The standard InChI is InChI=1S/C16H13F4NO/c17-13-8-4-5-11(9-13)10-14(16(18,19)20)21-15(22)12-6-2-1-3-7-12/h1-9,14H,10H2,(H,21,22)/t14-/m1/s1. The molecule has 116 valence electrons. The van der Waals surface area contributed by atoms with Crippen LogP contribution in [-0.2, 0) is 6.42 Å². The number of benzene rings is 2. The van der Waals surface area contributed by atoms with Crippen LogP contribution in [0.2, 0.25) is 0 Å². The van der Waals surface area contributed by atoms with E-state index in [1.807, 2.05) is 5.32 Å². The third kappa shape index (κ3) is 4.31. The molecule has 0 spiro atoms. The lowest BCUT2D eigenvalue weighted by Gasteiger charge is -2.22. The second kappa shape index (κ2) is 6.60. The molecule has 0 saturated heterocycles. The second-order valence-corrected chi connectivity index (χ2v) is 4.77. The lowest BCUT2D eigenvalue weighted by atomic mass is 10.0. The van der Waals surface area contributed by atoms with Crippen LogP contribution in [0.1, 0.15) is 15.9 Å². The van der Waals surface area contributed by atoms with Gasteiger partial charge in [-0.05, 0) is 29.8 Å². The summed E-state index contributed by atoms with van der Waals surface area (Å²) in [6.07, 6.45) is -5.16. The number of amides is 1. The molecule has 2 nitrogen and oxygen atoms in total. The van der Waals surface area contributed by atoms with Crippen molar-refractivity contribution in [3.8, 4) is 0 Å². The van der Waals surface area contributed by atoms with Crippen molar-refractivity contribution in [2.75, 3.05) is 0 Å². The summed E-state index contributed by atoms with van der Waals surface area (Å²) in [5.74, 6) is -1.44. The molecule has 0 bridgehead atoms. The van der Waals surface area contributed by atoms with E-state index in [9.17, 15) is 22.4 Å². The zero-order chi connectivity index (χ0) is 16.2. The predicted molar refractivity (Wildman–Crippen MR) is 73.9 cm³/mol. The summed E-state index contributed by atoms with van der Waals surface area (Å²) < 4.78 is 52.3. The molecular weight excluding hydrogens is 298 g/mol. The molecule has 0 aliphatic heterocycles. The minimum absolute atomic E-state index is 0.135. The Hall–Kier alpha value is -2.37. The van der Waals surface area contributed by atoms with Gasteiger partial charge in [-0.15, -0.1) is 0 Å². The van der Waals surface area contributed by atoms with Crippen molar-refractivity contribution in [3.63, 3.8) is 0 Å². The molecule has 0 fully saturated rings. The van der Waals surface area contributed by atoms with Gasteiger partial charge in [0.25, 0.3) is 5.91 Å². The van der Waals surface area contributed by atoms with E-state index in [-0.39, 0.29) is 11.1 Å². The van der Waals surface area contributed by atoms with Gasteiger partial charge in [-0.25, -0.2) is 4.39 Å². The molecule has 2 rings (SSSR count). The Morgan fingerprint density at radius 3 is 2.32 bits per heavy atom. The van der Waals surface area contributed by atoms with Gasteiger partial charge >= 0.3 is 6.18 Å². The van der Waals surface area contributed by atoms with Crippen molar-refractivity contribution in [2.45, 2.75) is 18.6 Å². The van der Waals surface area contributed by atoms with Crippen LogP contribution in [-0.4, -0.2) is 18.1 Å². The molecule has 1 N–H and O–H groups in total. The molecule has 1 atom stereocenters. The molecule has 0 radical (unpaired) electrons. The lowest BCUT2D eigenvalue weighted by molar-refractivity contribution is -0.153. The first-order valence-corrected chi connectivity index (χ1v) is 6.53. The summed E-state index contributed by atoms with van der Waals surface area (Å²) in [7, 11) is 0. The van der Waals surface area contributed by atoms with Gasteiger partial charge in [-0.1, -0.05) is 30.3 Å². The fourth-order valence-corrected chi connectivity index (χ4v) is 1.98. The van der Waals surface area contributed by atoms with Crippen molar-refractivity contribution < 1.29 is 22.4 Å². The van der Waals surface area contributed by atoms with Crippen LogP contribution in [0.3, 0.4) is 0 Å². The normalized spacial score (nSPS) is 12.7.